The molecule has 1 atom stereocenters. The molecule has 1 aromatic heterocycles. The lowest BCUT2D eigenvalue weighted by Crippen LogP contribution is -2.29. The van der Waals surface area contributed by atoms with Crippen LogP contribution in [0, 0.1) is 12.3 Å². The quantitative estimate of drug-likeness (QED) is 0.729. The zero-order chi connectivity index (χ0) is 14.4. The summed E-state index contributed by atoms with van der Waals surface area (Å²) < 4.78 is 0. The highest BCUT2D eigenvalue weighted by Crippen LogP contribution is 2.07. The first-order chi connectivity index (χ1) is 8.95. The number of terminal acetylenes is 1. The number of anilines is 1. The number of nitrogens with one attached hydrogen (secondary N) is 1. The highest BCUT2D eigenvalue weighted by molar-refractivity contribution is 5.91. The Balaban J connectivity index is 2.79. The molecule has 1 unspecified atom stereocenters. The number of amides is 1. The van der Waals surface area contributed by atoms with Gasteiger partial charge >= 0.3 is 5.97 Å². The van der Waals surface area contributed by atoms with Crippen LogP contribution < -0.4 is 5.32 Å². The number of carbonyl (C=O) groups excluding carboxylic acids is 1. The Hall–Kier alpha value is -2.62. The smallest absolute Gasteiger partial charge is 0.327 e. The van der Waals surface area contributed by atoms with E-state index in [9.17, 15) is 9.59 Å². The van der Waals surface area contributed by atoms with Gasteiger partial charge in [-0.05, 0) is 12.1 Å². The van der Waals surface area contributed by atoms with E-state index in [0.717, 1.165) is 0 Å². The average Bonchev–Trinajstić information content (AvgIpc) is 2.38. The first-order valence-corrected chi connectivity index (χ1v) is 5.44. The molecule has 0 aromatic carbocycles. The summed E-state index contributed by atoms with van der Waals surface area (Å²) >= 11 is 0. The summed E-state index contributed by atoms with van der Waals surface area (Å²) in [5, 5.41) is 19.0. The zero-order valence-electron chi connectivity index (χ0n) is 10.6. The van der Waals surface area contributed by atoms with E-state index in [1.807, 2.05) is 0 Å². The van der Waals surface area contributed by atoms with Gasteiger partial charge in [0.1, 0.15) is 11.9 Å². The van der Waals surface area contributed by atoms with E-state index < -0.39 is 12.0 Å². The molecule has 0 saturated heterocycles. The molecular weight excluding hydrogens is 248 g/mol. The Morgan fingerprint density at radius 1 is 1.47 bits per heavy atom. The predicted octanol–water partition coefficient (Wildman–Crippen LogP) is 0.0668. The third kappa shape index (κ3) is 3.96. The number of carbonyl (C=O) groups is 2. The van der Waals surface area contributed by atoms with E-state index in [0.29, 0.717) is 0 Å². The maximum Gasteiger partial charge on any atom is 0.327 e. The van der Waals surface area contributed by atoms with Crippen molar-refractivity contribution in [3.63, 3.8) is 0 Å². The lowest BCUT2D eigenvalue weighted by Gasteiger charge is -2.12. The van der Waals surface area contributed by atoms with Gasteiger partial charge in [-0.2, -0.15) is 0 Å². The van der Waals surface area contributed by atoms with Crippen LogP contribution in [0.15, 0.2) is 12.1 Å². The Morgan fingerprint density at radius 3 is 2.58 bits per heavy atom. The number of hydrogen-bond acceptors (Lipinski definition) is 5. The van der Waals surface area contributed by atoms with Crippen molar-refractivity contribution in [2.75, 3.05) is 19.4 Å². The third-order valence-electron chi connectivity index (χ3n) is 2.23. The van der Waals surface area contributed by atoms with E-state index >= 15 is 0 Å². The molecule has 0 spiro atoms. The Bertz CT molecular complexity index is 505. The summed E-state index contributed by atoms with van der Waals surface area (Å²) in [5.74, 6) is 1.15. The first-order valence-electron chi connectivity index (χ1n) is 5.44. The van der Waals surface area contributed by atoms with Crippen LogP contribution in [-0.4, -0.2) is 52.2 Å². The number of aromatic nitrogens is 2. The summed E-state index contributed by atoms with van der Waals surface area (Å²) in [6.45, 7) is 0. The summed E-state index contributed by atoms with van der Waals surface area (Å²) in [7, 11) is 3.20. The van der Waals surface area contributed by atoms with Crippen LogP contribution in [0.2, 0.25) is 0 Å². The molecule has 19 heavy (non-hydrogen) atoms. The number of hydrogen-bond donors (Lipinski definition) is 2. The second-order valence-electron chi connectivity index (χ2n) is 3.95. The van der Waals surface area contributed by atoms with Gasteiger partial charge in [-0.25, -0.2) is 4.79 Å². The summed E-state index contributed by atoms with van der Waals surface area (Å²) in [5.41, 5.74) is 0.180. The van der Waals surface area contributed by atoms with E-state index in [2.05, 4.69) is 21.4 Å². The van der Waals surface area contributed by atoms with E-state index in [-0.39, 0.29) is 23.8 Å². The Labute approximate surface area is 110 Å². The number of carboxylic acids is 1. The molecule has 2 N–H and O–H groups in total. The van der Waals surface area contributed by atoms with Crippen LogP contribution in [-0.2, 0) is 4.79 Å². The lowest BCUT2D eigenvalue weighted by molar-refractivity contribution is -0.137. The van der Waals surface area contributed by atoms with Gasteiger partial charge in [-0.15, -0.1) is 22.5 Å². The summed E-state index contributed by atoms with van der Waals surface area (Å²) in [6.07, 6.45) is 5.10. The van der Waals surface area contributed by atoms with Gasteiger partial charge in [-0.3, -0.25) is 4.79 Å². The Morgan fingerprint density at radius 2 is 2.16 bits per heavy atom. The van der Waals surface area contributed by atoms with Crippen LogP contribution in [0.25, 0.3) is 0 Å². The molecule has 7 heteroatoms. The monoisotopic (exact) mass is 262 g/mol. The normalized spacial score (nSPS) is 11.2. The molecule has 0 saturated carbocycles. The molecule has 0 aliphatic carbocycles. The lowest BCUT2D eigenvalue weighted by atomic mass is 10.2. The highest BCUT2D eigenvalue weighted by atomic mass is 16.4. The first kappa shape index (κ1) is 14.4. The molecule has 0 radical (unpaired) electrons. The molecule has 1 aromatic rings. The summed E-state index contributed by atoms with van der Waals surface area (Å²) in [4.78, 5) is 23.8. The molecule has 1 heterocycles. The van der Waals surface area contributed by atoms with E-state index in [1.165, 1.54) is 17.0 Å². The van der Waals surface area contributed by atoms with Gasteiger partial charge < -0.3 is 15.3 Å². The minimum atomic E-state index is -1.08. The zero-order valence-corrected chi connectivity index (χ0v) is 10.6. The van der Waals surface area contributed by atoms with Gasteiger partial charge in [0, 0.05) is 20.5 Å². The van der Waals surface area contributed by atoms with E-state index in [1.54, 1.807) is 14.1 Å². The molecule has 100 valence electrons. The average molecular weight is 262 g/mol. The van der Waals surface area contributed by atoms with Crippen LogP contribution in [0.1, 0.15) is 16.9 Å². The second-order valence-corrected chi connectivity index (χ2v) is 3.95. The molecule has 0 aliphatic heterocycles. The standard InChI is InChI=1S/C12H14N4O3/c1-4-5-9(12(18)19)13-10-7-6-8(14-15-10)11(17)16(2)3/h1,6-7,9H,5H2,2-3H3,(H,13,15)(H,18,19). The molecule has 0 aliphatic rings. The van der Waals surface area contributed by atoms with Crippen molar-refractivity contribution in [1.29, 1.82) is 0 Å². The highest BCUT2D eigenvalue weighted by Gasteiger charge is 2.17. The largest absolute Gasteiger partial charge is 0.480 e. The fourth-order valence-electron chi connectivity index (χ4n) is 1.25. The molecule has 1 rings (SSSR count). The number of aliphatic carboxylic acids is 1. The van der Waals surface area contributed by atoms with Crippen molar-refractivity contribution >= 4 is 17.7 Å². The molecule has 0 fully saturated rings. The fraction of sp³-hybridized carbons (Fsp3) is 0.333. The topological polar surface area (TPSA) is 95.4 Å². The van der Waals surface area contributed by atoms with Crippen LogP contribution in [0.3, 0.4) is 0 Å². The van der Waals surface area contributed by atoms with Gasteiger partial charge in [0.15, 0.2) is 5.69 Å². The molecule has 0 bridgehead atoms. The molecule has 7 nitrogen and oxygen atoms in total. The van der Waals surface area contributed by atoms with Crippen molar-refractivity contribution in [3.05, 3.63) is 17.8 Å². The van der Waals surface area contributed by atoms with Crippen molar-refractivity contribution in [2.24, 2.45) is 0 Å². The van der Waals surface area contributed by atoms with Crippen molar-refractivity contribution in [1.82, 2.24) is 15.1 Å². The van der Waals surface area contributed by atoms with Gasteiger partial charge in [0.05, 0.1) is 0 Å². The van der Waals surface area contributed by atoms with Crippen LogP contribution in [0.4, 0.5) is 5.82 Å². The number of nitrogens with zero attached hydrogens (tertiary/aromatic N) is 3. The minimum Gasteiger partial charge on any atom is -0.480 e. The van der Waals surface area contributed by atoms with Gasteiger partial charge in [0.2, 0.25) is 0 Å². The minimum absolute atomic E-state index is 0.0232. The SMILES string of the molecule is C#CCC(Nc1ccc(C(=O)N(C)C)nn1)C(=O)O. The molecule has 1 amide bonds. The van der Waals surface area contributed by atoms with Crippen molar-refractivity contribution in [3.8, 4) is 12.3 Å². The third-order valence-corrected chi connectivity index (χ3v) is 2.23. The fourth-order valence-corrected chi connectivity index (χ4v) is 1.25. The summed E-state index contributed by atoms with van der Waals surface area (Å²) in [6, 6.07) is 2.01. The number of carboxylic acid groups (broad SMARTS) is 1. The van der Waals surface area contributed by atoms with Crippen molar-refractivity contribution in [2.45, 2.75) is 12.5 Å². The van der Waals surface area contributed by atoms with Crippen LogP contribution >= 0.6 is 0 Å². The van der Waals surface area contributed by atoms with E-state index in [4.69, 9.17) is 11.5 Å². The van der Waals surface area contributed by atoms with Crippen molar-refractivity contribution < 1.29 is 14.7 Å². The van der Waals surface area contributed by atoms with Gasteiger partial charge in [0.25, 0.3) is 5.91 Å². The maximum atomic E-state index is 11.6. The number of rotatable bonds is 5. The molecular formula is C12H14N4O3. The predicted molar refractivity (Wildman–Crippen MR) is 68.5 cm³/mol. The Kier molecular flexibility index (Phi) is 4.83. The van der Waals surface area contributed by atoms with Crippen LogP contribution in [0.5, 0.6) is 0 Å². The maximum absolute atomic E-state index is 11.6. The second kappa shape index (κ2) is 6.35. The van der Waals surface area contributed by atoms with Gasteiger partial charge in [-0.1, -0.05) is 0 Å².